The lowest BCUT2D eigenvalue weighted by Gasteiger charge is -2.06. The molecule has 1 aromatic carbocycles. The minimum Gasteiger partial charge on any atom is -0.491 e. The lowest BCUT2D eigenvalue weighted by molar-refractivity contribution is -0.137. The molecule has 1 N–H and O–H groups in total. The average molecular weight is 226 g/mol. The highest BCUT2D eigenvalue weighted by Crippen LogP contribution is 2.19. The highest BCUT2D eigenvalue weighted by atomic mass is 19.1. The second-order valence-electron chi connectivity index (χ2n) is 3.45. The quantitative estimate of drug-likeness (QED) is 0.811. The predicted octanol–water partition coefficient (Wildman–Crippen LogP) is 2.63. The van der Waals surface area contributed by atoms with Gasteiger partial charge >= 0.3 is 5.97 Å². The largest absolute Gasteiger partial charge is 0.491 e. The van der Waals surface area contributed by atoms with E-state index in [0.717, 1.165) is 5.56 Å². The molecule has 1 aromatic rings. The average Bonchev–Trinajstić information content (AvgIpc) is 2.21. The summed E-state index contributed by atoms with van der Waals surface area (Å²) in [6, 6.07) is 4.73. The standard InChI is InChI=1S/C12H15FO3/c1-2-16-11-7-6-9(8-10(11)13)4-3-5-12(14)15/h6-8H,2-5H2,1H3,(H,14,15). The molecule has 0 aliphatic heterocycles. The molecular weight excluding hydrogens is 211 g/mol. The van der Waals surface area contributed by atoms with Gasteiger partial charge in [0.25, 0.3) is 0 Å². The molecule has 0 aromatic heterocycles. The maximum absolute atomic E-state index is 13.4. The fourth-order valence-corrected chi connectivity index (χ4v) is 1.42. The van der Waals surface area contributed by atoms with E-state index in [-0.39, 0.29) is 12.2 Å². The summed E-state index contributed by atoms with van der Waals surface area (Å²) >= 11 is 0. The van der Waals surface area contributed by atoms with Crippen LogP contribution < -0.4 is 4.74 Å². The number of carbonyl (C=O) groups is 1. The molecule has 16 heavy (non-hydrogen) atoms. The maximum atomic E-state index is 13.4. The van der Waals surface area contributed by atoms with E-state index in [0.29, 0.717) is 19.4 Å². The topological polar surface area (TPSA) is 46.5 Å². The van der Waals surface area contributed by atoms with Crippen LogP contribution in [0.2, 0.25) is 0 Å². The Morgan fingerprint density at radius 3 is 2.81 bits per heavy atom. The lowest BCUT2D eigenvalue weighted by atomic mass is 10.1. The van der Waals surface area contributed by atoms with Gasteiger partial charge in [-0.15, -0.1) is 0 Å². The molecule has 0 spiro atoms. The number of ether oxygens (including phenoxy) is 1. The number of rotatable bonds is 6. The molecule has 0 bridgehead atoms. The highest BCUT2D eigenvalue weighted by Gasteiger charge is 2.04. The van der Waals surface area contributed by atoms with Crippen molar-refractivity contribution in [2.24, 2.45) is 0 Å². The fraction of sp³-hybridized carbons (Fsp3) is 0.417. The zero-order valence-corrected chi connectivity index (χ0v) is 9.20. The van der Waals surface area contributed by atoms with E-state index >= 15 is 0 Å². The van der Waals surface area contributed by atoms with Gasteiger partial charge in [0.1, 0.15) is 0 Å². The van der Waals surface area contributed by atoms with Gasteiger partial charge in [0.05, 0.1) is 6.61 Å². The second kappa shape index (κ2) is 6.10. The molecule has 0 unspecified atom stereocenters. The van der Waals surface area contributed by atoms with Gasteiger partial charge in [-0.3, -0.25) is 4.79 Å². The third kappa shape index (κ3) is 3.88. The maximum Gasteiger partial charge on any atom is 0.303 e. The van der Waals surface area contributed by atoms with Gasteiger partial charge in [-0.05, 0) is 37.5 Å². The van der Waals surface area contributed by atoms with Gasteiger partial charge in [0, 0.05) is 6.42 Å². The first-order valence-corrected chi connectivity index (χ1v) is 5.26. The fourth-order valence-electron chi connectivity index (χ4n) is 1.42. The Labute approximate surface area is 93.9 Å². The summed E-state index contributed by atoms with van der Waals surface area (Å²) in [5.74, 6) is -0.981. The van der Waals surface area contributed by atoms with Crippen LogP contribution >= 0.6 is 0 Å². The lowest BCUT2D eigenvalue weighted by Crippen LogP contribution is -1.98. The summed E-state index contributed by atoms with van der Waals surface area (Å²) < 4.78 is 18.4. The normalized spacial score (nSPS) is 10.1. The van der Waals surface area contributed by atoms with E-state index in [4.69, 9.17) is 9.84 Å². The van der Waals surface area contributed by atoms with Gasteiger partial charge in [0.15, 0.2) is 11.6 Å². The van der Waals surface area contributed by atoms with E-state index < -0.39 is 11.8 Å². The molecule has 0 amide bonds. The van der Waals surface area contributed by atoms with Crippen LogP contribution in [-0.2, 0) is 11.2 Å². The van der Waals surface area contributed by atoms with Crippen molar-refractivity contribution in [2.75, 3.05) is 6.61 Å². The van der Waals surface area contributed by atoms with Crippen LogP contribution in [0.1, 0.15) is 25.3 Å². The van der Waals surface area contributed by atoms with E-state index in [9.17, 15) is 9.18 Å². The Hall–Kier alpha value is -1.58. The van der Waals surface area contributed by atoms with Crippen LogP contribution in [0.4, 0.5) is 4.39 Å². The first-order valence-electron chi connectivity index (χ1n) is 5.26. The molecule has 0 atom stereocenters. The van der Waals surface area contributed by atoms with Gasteiger partial charge < -0.3 is 9.84 Å². The number of carboxylic acids is 1. The van der Waals surface area contributed by atoms with Crippen LogP contribution in [0, 0.1) is 5.82 Å². The SMILES string of the molecule is CCOc1ccc(CCCC(=O)O)cc1F. The van der Waals surface area contributed by atoms with Crippen molar-refractivity contribution in [1.29, 1.82) is 0 Å². The van der Waals surface area contributed by atoms with E-state index in [1.807, 2.05) is 0 Å². The summed E-state index contributed by atoms with van der Waals surface area (Å²) in [7, 11) is 0. The summed E-state index contributed by atoms with van der Waals surface area (Å²) in [6.07, 6.45) is 1.19. The first-order chi connectivity index (χ1) is 7.63. The minimum atomic E-state index is -0.827. The van der Waals surface area contributed by atoms with Gasteiger partial charge in [-0.2, -0.15) is 0 Å². The molecule has 0 fully saturated rings. The summed E-state index contributed by atoms with van der Waals surface area (Å²) in [5, 5.41) is 8.47. The third-order valence-electron chi connectivity index (χ3n) is 2.15. The molecule has 4 heteroatoms. The molecule has 0 saturated carbocycles. The van der Waals surface area contributed by atoms with Crippen LogP contribution in [0.15, 0.2) is 18.2 Å². The van der Waals surface area contributed by atoms with Crippen molar-refractivity contribution in [3.63, 3.8) is 0 Å². The van der Waals surface area contributed by atoms with Gasteiger partial charge in [-0.25, -0.2) is 4.39 Å². The van der Waals surface area contributed by atoms with Gasteiger partial charge in [-0.1, -0.05) is 6.07 Å². The third-order valence-corrected chi connectivity index (χ3v) is 2.15. The first kappa shape index (κ1) is 12.5. The van der Waals surface area contributed by atoms with Crippen molar-refractivity contribution in [3.8, 4) is 5.75 Å². The Morgan fingerprint density at radius 1 is 1.50 bits per heavy atom. The van der Waals surface area contributed by atoms with Crippen molar-refractivity contribution in [3.05, 3.63) is 29.6 Å². The number of aryl methyl sites for hydroxylation is 1. The number of aliphatic carboxylic acids is 1. The number of hydrogen-bond donors (Lipinski definition) is 1. The molecular formula is C12H15FO3. The molecule has 88 valence electrons. The van der Waals surface area contributed by atoms with Crippen LogP contribution in [0.3, 0.4) is 0 Å². The summed E-state index contributed by atoms with van der Waals surface area (Å²) in [6.45, 7) is 2.22. The zero-order valence-electron chi connectivity index (χ0n) is 9.20. The predicted molar refractivity (Wildman–Crippen MR) is 58.1 cm³/mol. The smallest absolute Gasteiger partial charge is 0.303 e. The van der Waals surface area contributed by atoms with Gasteiger partial charge in [0.2, 0.25) is 0 Å². The number of carboxylic acid groups (broad SMARTS) is 1. The Balaban J connectivity index is 2.55. The second-order valence-corrected chi connectivity index (χ2v) is 3.45. The molecule has 0 aliphatic carbocycles. The van der Waals surface area contributed by atoms with Crippen molar-refractivity contribution in [1.82, 2.24) is 0 Å². The molecule has 0 radical (unpaired) electrons. The van der Waals surface area contributed by atoms with Crippen molar-refractivity contribution < 1.29 is 19.0 Å². The Kier molecular flexibility index (Phi) is 4.76. The minimum absolute atomic E-state index is 0.106. The van der Waals surface area contributed by atoms with Crippen LogP contribution in [0.25, 0.3) is 0 Å². The van der Waals surface area contributed by atoms with E-state index in [1.165, 1.54) is 6.07 Å². The van der Waals surface area contributed by atoms with Crippen LogP contribution in [-0.4, -0.2) is 17.7 Å². The monoisotopic (exact) mass is 226 g/mol. The molecule has 3 nitrogen and oxygen atoms in total. The number of hydrogen-bond acceptors (Lipinski definition) is 2. The number of halogens is 1. The van der Waals surface area contributed by atoms with Crippen molar-refractivity contribution >= 4 is 5.97 Å². The molecule has 0 aliphatic rings. The Morgan fingerprint density at radius 2 is 2.25 bits per heavy atom. The number of benzene rings is 1. The van der Waals surface area contributed by atoms with E-state index in [1.54, 1.807) is 19.1 Å². The van der Waals surface area contributed by atoms with Crippen LogP contribution in [0.5, 0.6) is 5.75 Å². The Bertz CT molecular complexity index is 363. The van der Waals surface area contributed by atoms with E-state index in [2.05, 4.69) is 0 Å². The van der Waals surface area contributed by atoms with Crippen molar-refractivity contribution in [2.45, 2.75) is 26.2 Å². The summed E-state index contributed by atoms with van der Waals surface area (Å²) in [4.78, 5) is 10.3. The molecule has 0 saturated heterocycles. The zero-order chi connectivity index (χ0) is 12.0. The molecule has 0 heterocycles. The summed E-state index contributed by atoms with van der Waals surface area (Å²) in [5.41, 5.74) is 0.794. The highest BCUT2D eigenvalue weighted by molar-refractivity contribution is 5.66. The molecule has 1 rings (SSSR count).